The molecule has 1 aromatic heterocycles. The number of rotatable bonds is 5. The fourth-order valence-corrected chi connectivity index (χ4v) is 2.38. The number of hydrogen-bond acceptors (Lipinski definition) is 3. The molecular formula is C11H17ClN2O3S. The minimum Gasteiger partial charge on any atom is -0.347 e. The largest absolute Gasteiger partial charge is 0.347 e. The van der Waals surface area contributed by atoms with Crippen LogP contribution < -0.4 is 5.14 Å². The maximum absolute atomic E-state index is 11.8. The number of ketones is 1. The summed E-state index contributed by atoms with van der Waals surface area (Å²) in [4.78, 5) is 11.8. The van der Waals surface area contributed by atoms with Gasteiger partial charge in [-0.05, 0) is 26.8 Å². The molecule has 1 atom stereocenters. The quantitative estimate of drug-likeness (QED) is 0.654. The Morgan fingerprint density at radius 2 is 2.06 bits per heavy atom. The van der Waals surface area contributed by atoms with Gasteiger partial charge >= 0.3 is 0 Å². The van der Waals surface area contributed by atoms with Crippen molar-refractivity contribution in [2.45, 2.75) is 32.7 Å². The molecule has 18 heavy (non-hydrogen) atoms. The number of hydrogen-bond donors (Lipinski definition) is 1. The van der Waals surface area contributed by atoms with Gasteiger partial charge in [0.1, 0.15) is 0 Å². The molecule has 1 rings (SSSR count). The average Bonchev–Trinajstić information content (AvgIpc) is 2.49. The molecule has 7 heteroatoms. The molecule has 0 amide bonds. The minimum absolute atomic E-state index is 0.159. The number of carbonyl (C=O) groups is 1. The van der Waals surface area contributed by atoms with Crippen LogP contribution in [0, 0.1) is 13.8 Å². The van der Waals surface area contributed by atoms with Crippen LogP contribution in [0.3, 0.4) is 0 Å². The maximum atomic E-state index is 11.8. The van der Waals surface area contributed by atoms with Crippen LogP contribution in [-0.4, -0.2) is 29.9 Å². The number of nitrogens with two attached hydrogens (primary N) is 1. The third kappa shape index (κ3) is 3.57. The van der Waals surface area contributed by atoms with Gasteiger partial charge in [-0.1, -0.05) is 0 Å². The van der Waals surface area contributed by atoms with E-state index in [2.05, 4.69) is 0 Å². The standard InChI is InChI=1S/C11H17ClN2O3S/c1-7-6-10(11(15)8(2)12)9(3)14(7)4-5-18(13,16)17/h6,8H,4-5H2,1-3H3,(H2,13,16,17). The van der Waals surface area contributed by atoms with Gasteiger partial charge in [-0.2, -0.15) is 0 Å². The first kappa shape index (κ1) is 15.2. The van der Waals surface area contributed by atoms with Crippen molar-refractivity contribution in [1.82, 2.24) is 4.57 Å². The number of carbonyl (C=O) groups excluding carboxylic acids is 1. The van der Waals surface area contributed by atoms with Crippen LogP contribution in [0.15, 0.2) is 6.07 Å². The summed E-state index contributed by atoms with van der Waals surface area (Å²) in [6.07, 6.45) is 0. The summed E-state index contributed by atoms with van der Waals surface area (Å²) < 4.78 is 23.7. The smallest absolute Gasteiger partial charge is 0.210 e. The highest BCUT2D eigenvalue weighted by Crippen LogP contribution is 2.18. The predicted molar refractivity (Wildman–Crippen MR) is 71.5 cm³/mol. The van der Waals surface area contributed by atoms with Gasteiger partial charge in [-0.15, -0.1) is 11.6 Å². The van der Waals surface area contributed by atoms with Gasteiger partial charge in [0.2, 0.25) is 10.0 Å². The van der Waals surface area contributed by atoms with Gasteiger partial charge in [0.15, 0.2) is 5.78 Å². The van der Waals surface area contributed by atoms with Crippen LogP contribution in [0.4, 0.5) is 0 Å². The second kappa shape index (κ2) is 5.42. The number of sulfonamides is 1. The van der Waals surface area contributed by atoms with E-state index in [1.807, 2.05) is 6.92 Å². The summed E-state index contributed by atoms with van der Waals surface area (Å²) in [5, 5.41) is 4.37. The van der Waals surface area contributed by atoms with Gasteiger partial charge in [0.05, 0.1) is 11.1 Å². The van der Waals surface area contributed by atoms with Crippen molar-refractivity contribution in [3.8, 4) is 0 Å². The van der Waals surface area contributed by atoms with Gasteiger partial charge in [-0.3, -0.25) is 4.79 Å². The third-order valence-electron chi connectivity index (χ3n) is 2.80. The van der Waals surface area contributed by atoms with E-state index in [0.717, 1.165) is 5.69 Å². The summed E-state index contributed by atoms with van der Waals surface area (Å²) >= 11 is 5.77. The van der Waals surface area contributed by atoms with Gasteiger partial charge in [0, 0.05) is 23.5 Å². The van der Waals surface area contributed by atoms with E-state index in [0.29, 0.717) is 11.3 Å². The Morgan fingerprint density at radius 3 is 2.50 bits per heavy atom. The molecule has 2 N–H and O–H groups in total. The number of aromatic nitrogens is 1. The highest BCUT2D eigenvalue weighted by Gasteiger charge is 2.19. The van der Waals surface area contributed by atoms with Crippen molar-refractivity contribution in [2.24, 2.45) is 5.14 Å². The Hall–Kier alpha value is -0.850. The topological polar surface area (TPSA) is 82.2 Å². The summed E-state index contributed by atoms with van der Waals surface area (Å²) in [7, 11) is -3.51. The monoisotopic (exact) mass is 292 g/mol. The molecule has 0 radical (unpaired) electrons. The summed E-state index contributed by atoms with van der Waals surface area (Å²) in [6.45, 7) is 5.43. The molecule has 0 bridgehead atoms. The molecular weight excluding hydrogens is 276 g/mol. The number of aryl methyl sites for hydroxylation is 1. The zero-order chi connectivity index (χ0) is 14.1. The maximum Gasteiger partial charge on any atom is 0.210 e. The summed E-state index contributed by atoms with van der Waals surface area (Å²) in [5.41, 5.74) is 2.06. The van der Waals surface area contributed by atoms with Crippen LogP contribution in [-0.2, 0) is 16.6 Å². The van der Waals surface area contributed by atoms with Crippen LogP contribution in [0.2, 0.25) is 0 Å². The van der Waals surface area contributed by atoms with Gasteiger partial charge in [-0.25, -0.2) is 13.6 Å². The number of primary sulfonamides is 1. The molecule has 0 aliphatic carbocycles. The Kier molecular flexibility index (Phi) is 4.58. The van der Waals surface area contributed by atoms with Crippen molar-refractivity contribution < 1.29 is 13.2 Å². The Morgan fingerprint density at radius 1 is 1.50 bits per heavy atom. The van der Waals surface area contributed by atoms with E-state index in [4.69, 9.17) is 16.7 Å². The normalized spacial score (nSPS) is 13.6. The highest BCUT2D eigenvalue weighted by atomic mass is 35.5. The lowest BCUT2D eigenvalue weighted by molar-refractivity contribution is 0.0991. The van der Waals surface area contributed by atoms with E-state index < -0.39 is 15.4 Å². The van der Waals surface area contributed by atoms with Crippen molar-refractivity contribution in [1.29, 1.82) is 0 Å². The molecule has 1 heterocycles. The zero-order valence-corrected chi connectivity index (χ0v) is 12.2. The second-order valence-corrected chi connectivity index (χ2v) is 6.67. The van der Waals surface area contributed by atoms with E-state index in [1.54, 1.807) is 24.5 Å². The first-order chi connectivity index (χ1) is 8.13. The third-order valence-corrected chi connectivity index (χ3v) is 3.75. The Balaban J connectivity index is 3.05. The van der Waals surface area contributed by atoms with E-state index >= 15 is 0 Å². The van der Waals surface area contributed by atoms with Crippen molar-refractivity contribution >= 4 is 27.4 Å². The van der Waals surface area contributed by atoms with Gasteiger partial charge in [0.25, 0.3) is 0 Å². The van der Waals surface area contributed by atoms with E-state index in [-0.39, 0.29) is 18.1 Å². The Labute approximate surface area is 112 Å². The average molecular weight is 293 g/mol. The van der Waals surface area contributed by atoms with Crippen LogP contribution in [0.1, 0.15) is 28.7 Å². The van der Waals surface area contributed by atoms with Crippen LogP contribution in [0.25, 0.3) is 0 Å². The van der Waals surface area contributed by atoms with Crippen LogP contribution >= 0.6 is 11.6 Å². The summed E-state index contributed by atoms with van der Waals surface area (Å²) in [6, 6.07) is 1.72. The van der Waals surface area contributed by atoms with Crippen LogP contribution in [0.5, 0.6) is 0 Å². The number of nitrogens with zero attached hydrogens (tertiary/aromatic N) is 1. The lowest BCUT2D eigenvalue weighted by atomic mass is 10.1. The SMILES string of the molecule is Cc1cc(C(=O)C(C)Cl)c(C)n1CCS(N)(=O)=O. The molecule has 1 unspecified atom stereocenters. The lowest BCUT2D eigenvalue weighted by Gasteiger charge is -2.09. The minimum atomic E-state index is -3.51. The molecule has 0 spiro atoms. The lowest BCUT2D eigenvalue weighted by Crippen LogP contribution is -2.21. The fourth-order valence-electron chi connectivity index (χ4n) is 1.83. The van der Waals surface area contributed by atoms with Gasteiger partial charge < -0.3 is 4.57 Å². The first-order valence-electron chi connectivity index (χ1n) is 5.49. The van der Waals surface area contributed by atoms with E-state index in [1.165, 1.54) is 0 Å². The number of alkyl halides is 1. The first-order valence-corrected chi connectivity index (χ1v) is 7.64. The fraction of sp³-hybridized carbons (Fsp3) is 0.545. The molecule has 0 aliphatic heterocycles. The molecule has 5 nitrogen and oxygen atoms in total. The second-order valence-electron chi connectivity index (χ2n) is 4.28. The van der Waals surface area contributed by atoms with E-state index in [9.17, 15) is 13.2 Å². The molecule has 1 aromatic rings. The predicted octanol–water partition coefficient (Wildman–Crippen LogP) is 1.20. The highest BCUT2D eigenvalue weighted by molar-refractivity contribution is 7.89. The molecule has 0 aromatic carbocycles. The molecule has 0 aliphatic rings. The molecule has 0 saturated carbocycles. The van der Waals surface area contributed by atoms with Crippen molar-refractivity contribution in [3.63, 3.8) is 0 Å². The molecule has 0 fully saturated rings. The number of halogens is 1. The number of Topliss-reactive ketones (excluding diaryl/α,β-unsaturated/α-hetero) is 1. The van der Waals surface area contributed by atoms with Crippen molar-refractivity contribution in [3.05, 3.63) is 23.0 Å². The summed E-state index contributed by atoms with van der Waals surface area (Å²) in [5.74, 6) is -0.320. The molecule has 102 valence electrons. The Bertz CT molecular complexity index is 561. The van der Waals surface area contributed by atoms with Crippen molar-refractivity contribution in [2.75, 3.05) is 5.75 Å². The zero-order valence-electron chi connectivity index (χ0n) is 10.6. The molecule has 0 saturated heterocycles.